The fourth-order valence-corrected chi connectivity index (χ4v) is 2.01. The number of aromatic nitrogens is 1. The summed E-state index contributed by atoms with van der Waals surface area (Å²) in [5.74, 6) is -0.135. The van der Waals surface area contributed by atoms with E-state index in [0.717, 1.165) is 13.0 Å². The van der Waals surface area contributed by atoms with Gasteiger partial charge < -0.3 is 15.0 Å². The quantitative estimate of drug-likeness (QED) is 0.733. The SMILES string of the molecule is CCOC(=O)C[C@@H]1NCCc2[nH]ccc21. The van der Waals surface area contributed by atoms with Gasteiger partial charge in [-0.3, -0.25) is 4.79 Å². The molecule has 1 aromatic rings. The Morgan fingerprint density at radius 3 is 3.33 bits per heavy atom. The molecule has 0 aliphatic carbocycles. The first-order chi connectivity index (χ1) is 7.31. The van der Waals surface area contributed by atoms with Gasteiger partial charge >= 0.3 is 5.97 Å². The van der Waals surface area contributed by atoms with Crippen molar-refractivity contribution in [1.82, 2.24) is 10.3 Å². The average Bonchev–Trinajstić information content (AvgIpc) is 2.67. The van der Waals surface area contributed by atoms with Crippen LogP contribution in [0.4, 0.5) is 0 Å². The molecule has 0 aromatic carbocycles. The van der Waals surface area contributed by atoms with Crippen LogP contribution in [0.3, 0.4) is 0 Å². The van der Waals surface area contributed by atoms with Crippen LogP contribution in [-0.2, 0) is 16.0 Å². The van der Waals surface area contributed by atoms with E-state index in [2.05, 4.69) is 10.3 Å². The summed E-state index contributed by atoms with van der Waals surface area (Å²) in [5.41, 5.74) is 2.44. The van der Waals surface area contributed by atoms with Gasteiger partial charge in [0.2, 0.25) is 0 Å². The van der Waals surface area contributed by atoms with E-state index in [9.17, 15) is 4.79 Å². The van der Waals surface area contributed by atoms with Crippen molar-refractivity contribution >= 4 is 5.97 Å². The predicted octanol–water partition coefficient (Wildman–Crippen LogP) is 1.15. The topological polar surface area (TPSA) is 54.1 Å². The Morgan fingerprint density at radius 1 is 1.67 bits per heavy atom. The summed E-state index contributed by atoms with van der Waals surface area (Å²) in [6.45, 7) is 3.19. The van der Waals surface area contributed by atoms with Gasteiger partial charge in [-0.1, -0.05) is 0 Å². The summed E-state index contributed by atoms with van der Waals surface area (Å²) in [7, 11) is 0. The summed E-state index contributed by atoms with van der Waals surface area (Å²) in [6.07, 6.45) is 3.34. The van der Waals surface area contributed by atoms with Crippen molar-refractivity contribution < 1.29 is 9.53 Å². The minimum atomic E-state index is -0.135. The molecule has 82 valence electrons. The zero-order chi connectivity index (χ0) is 10.7. The highest BCUT2D eigenvalue weighted by atomic mass is 16.5. The second kappa shape index (κ2) is 4.49. The van der Waals surface area contributed by atoms with Crippen molar-refractivity contribution in [3.8, 4) is 0 Å². The molecule has 0 radical (unpaired) electrons. The van der Waals surface area contributed by atoms with Gasteiger partial charge in [-0.05, 0) is 18.6 Å². The maximum Gasteiger partial charge on any atom is 0.307 e. The van der Waals surface area contributed by atoms with Crippen LogP contribution < -0.4 is 5.32 Å². The lowest BCUT2D eigenvalue weighted by Gasteiger charge is -2.23. The fourth-order valence-electron chi connectivity index (χ4n) is 2.01. The second-order valence-electron chi connectivity index (χ2n) is 3.68. The Kier molecular flexibility index (Phi) is 3.06. The summed E-state index contributed by atoms with van der Waals surface area (Å²) in [4.78, 5) is 14.6. The molecular formula is C11H16N2O2. The molecule has 2 heterocycles. The Labute approximate surface area is 89.0 Å². The van der Waals surface area contributed by atoms with Crippen LogP contribution in [0.25, 0.3) is 0 Å². The largest absolute Gasteiger partial charge is 0.466 e. The number of aromatic amines is 1. The Morgan fingerprint density at radius 2 is 2.53 bits per heavy atom. The van der Waals surface area contributed by atoms with Crippen molar-refractivity contribution in [1.29, 1.82) is 0 Å². The normalized spacial score (nSPS) is 19.7. The minimum absolute atomic E-state index is 0.110. The van der Waals surface area contributed by atoms with Gasteiger partial charge in [0.25, 0.3) is 0 Å². The lowest BCUT2D eigenvalue weighted by Crippen LogP contribution is -2.31. The molecule has 4 nitrogen and oxygen atoms in total. The first kappa shape index (κ1) is 10.2. The number of hydrogen-bond acceptors (Lipinski definition) is 3. The molecule has 0 spiro atoms. The number of esters is 1. The van der Waals surface area contributed by atoms with Gasteiger partial charge in [-0.25, -0.2) is 0 Å². The van der Waals surface area contributed by atoms with Crippen LogP contribution in [0.15, 0.2) is 12.3 Å². The van der Waals surface area contributed by atoms with Crippen LogP contribution in [0.5, 0.6) is 0 Å². The molecule has 0 bridgehead atoms. The maximum absolute atomic E-state index is 11.4. The zero-order valence-electron chi connectivity index (χ0n) is 8.88. The van der Waals surface area contributed by atoms with E-state index in [1.165, 1.54) is 11.3 Å². The van der Waals surface area contributed by atoms with Crippen molar-refractivity contribution in [2.45, 2.75) is 25.8 Å². The summed E-state index contributed by atoms with van der Waals surface area (Å²) in [5, 5.41) is 3.33. The van der Waals surface area contributed by atoms with E-state index in [1.807, 2.05) is 19.2 Å². The number of hydrogen-bond donors (Lipinski definition) is 2. The molecular weight excluding hydrogens is 192 g/mol. The zero-order valence-corrected chi connectivity index (χ0v) is 8.88. The molecule has 1 aliphatic heterocycles. The van der Waals surface area contributed by atoms with Gasteiger partial charge in [-0.15, -0.1) is 0 Å². The summed E-state index contributed by atoms with van der Waals surface area (Å²) < 4.78 is 4.95. The molecule has 0 amide bonds. The van der Waals surface area contributed by atoms with Gasteiger partial charge in [0.1, 0.15) is 0 Å². The molecule has 0 unspecified atom stereocenters. The third-order valence-electron chi connectivity index (χ3n) is 2.69. The summed E-state index contributed by atoms with van der Waals surface area (Å²) >= 11 is 0. The number of rotatable bonds is 3. The number of nitrogens with one attached hydrogen (secondary N) is 2. The molecule has 15 heavy (non-hydrogen) atoms. The number of fused-ring (bicyclic) bond motifs is 1. The van der Waals surface area contributed by atoms with Gasteiger partial charge in [0.15, 0.2) is 0 Å². The van der Waals surface area contributed by atoms with E-state index in [1.54, 1.807) is 0 Å². The highest BCUT2D eigenvalue weighted by Crippen LogP contribution is 2.24. The van der Waals surface area contributed by atoms with Crippen LogP contribution >= 0.6 is 0 Å². The number of carbonyl (C=O) groups excluding carboxylic acids is 1. The van der Waals surface area contributed by atoms with Crippen molar-refractivity contribution in [3.63, 3.8) is 0 Å². The van der Waals surface area contributed by atoms with Crippen molar-refractivity contribution in [3.05, 3.63) is 23.5 Å². The average molecular weight is 208 g/mol. The Hall–Kier alpha value is -1.29. The van der Waals surface area contributed by atoms with Crippen molar-refractivity contribution in [2.24, 2.45) is 0 Å². The van der Waals surface area contributed by atoms with Crippen LogP contribution in [0, 0.1) is 0 Å². The van der Waals surface area contributed by atoms with Gasteiger partial charge in [-0.2, -0.15) is 0 Å². The molecule has 2 rings (SSSR count). The Balaban J connectivity index is 2.03. The van der Waals surface area contributed by atoms with E-state index in [-0.39, 0.29) is 12.0 Å². The second-order valence-corrected chi connectivity index (χ2v) is 3.68. The summed E-state index contributed by atoms with van der Waals surface area (Å²) in [6, 6.07) is 2.14. The monoisotopic (exact) mass is 208 g/mol. The van der Waals surface area contributed by atoms with E-state index in [0.29, 0.717) is 13.0 Å². The maximum atomic E-state index is 11.4. The van der Waals surface area contributed by atoms with Gasteiger partial charge in [0.05, 0.1) is 13.0 Å². The number of H-pyrrole nitrogens is 1. The molecule has 1 aromatic heterocycles. The van der Waals surface area contributed by atoms with E-state index >= 15 is 0 Å². The van der Waals surface area contributed by atoms with Crippen LogP contribution in [-0.4, -0.2) is 24.1 Å². The molecule has 1 aliphatic rings. The molecule has 0 fully saturated rings. The smallest absolute Gasteiger partial charge is 0.307 e. The lowest BCUT2D eigenvalue weighted by atomic mass is 9.99. The van der Waals surface area contributed by atoms with Crippen molar-refractivity contribution in [2.75, 3.05) is 13.2 Å². The minimum Gasteiger partial charge on any atom is -0.466 e. The fraction of sp³-hybridized carbons (Fsp3) is 0.545. The van der Waals surface area contributed by atoms with E-state index in [4.69, 9.17) is 4.74 Å². The molecule has 0 saturated carbocycles. The highest BCUT2D eigenvalue weighted by molar-refractivity contribution is 5.70. The van der Waals surface area contributed by atoms with Crippen LogP contribution in [0.1, 0.15) is 30.6 Å². The van der Waals surface area contributed by atoms with Gasteiger partial charge in [0, 0.05) is 30.9 Å². The highest BCUT2D eigenvalue weighted by Gasteiger charge is 2.23. The molecule has 4 heteroatoms. The molecule has 0 saturated heterocycles. The number of carbonyl (C=O) groups is 1. The third kappa shape index (κ3) is 2.21. The van der Waals surface area contributed by atoms with E-state index < -0.39 is 0 Å². The Bertz CT molecular complexity index is 346. The lowest BCUT2D eigenvalue weighted by molar-refractivity contribution is -0.143. The predicted molar refractivity (Wildman–Crippen MR) is 56.5 cm³/mol. The molecule has 1 atom stereocenters. The standard InChI is InChI=1S/C11H16N2O2/c1-2-15-11(14)7-10-8-3-5-12-9(8)4-6-13-10/h3,5,10,12-13H,2,4,6-7H2,1H3/t10-/m0/s1. The number of ether oxygens (including phenoxy) is 1. The first-order valence-electron chi connectivity index (χ1n) is 5.36. The molecule has 2 N–H and O–H groups in total. The van der Waals surface area contributed by atoms with Crippen LogP contribution in [0.2, 0.25) is 0 Å². The first-order valence-corrected chi connectivity index (χ1v) is 5.36. The third-order valence-corrected chi connectivity index (χ3v) is 2.69.